The van der Waals surface area contributed by atoms with Crippen molar-refractivity contribution < 1.29 is 13.7 Å². The van der Waals surface area contributed by atoms with Gasteiger partial charge in [0.2, 0.25) is 5.91 Å². The Morgan fingerprint density at radius 2 is 2.20 bits per heavy atom. The minimum Gasteiger partial charge on any atom is -0.468 e. The summed E-state index contributed by atoms with van der Waals surface area (Å²) in [6, 6.07) is 11.5. The number of para-hydroxylation sites is 1. The van der Waals surface area contributed by atoms with Gasteiger partial charge in [-0.05, 0) is 43.1 Å². The minimum atomic E-state index is -0.0106. The zero-order valence-electron chi connectivity index (χ0n) is 14.0. The van der Waals surface area contributed by atoms with Crippen molar-refractivity contribution in [2.45, 2.75) is 19.4 Å². The highest BCUT2D eigenvalue weighted by Crippen LogP contribution is 2.19. The fraction of sp³-hybridized carbons (Fsp3) is 0.368. The summed E-state index contributed by atoms with van der Waals surface area (Å²) >= 11 is 0. The lowest BCUT2D eigenvalue weighted by molar-refractivity contribution is -0.120. The molecule has 6 heteroatoms. The maximum atomic E-state index is 12.2. The molecule has 1 fully saturated rings. The molecule has 0 aliphatic carbocycles. The summed E-state index contributed by atoms with van der Waals surface area (Å²) in [5.74, 6) is 1.46. The molecule has 0 bridgehead atoms. The Morgan fingerprint density at radius 3 is 3.08 bits per heavy atom. The average molecular weight is 339 g/mol. The molecule has 2 aromatic heterocycles. The summed E-state index contributed by atoms with van der Waals surface area (Å²) in [7, 11) is 0. The number of hydrogen-bond donors (Lipinski definition) is 1. The topological polar surface area (TPSA) is 71.5 Å². The van der Waals surface area contributed by atoms with E-state index in [2.05, 4.69) is 15.4 Å². The van der Waals surface area contributed by atoms with Gasteiger partial charge in [0.25, 0.3) is 0 Å². The molecule has 3 aromatic rings. The highest BCUT2D eigenvalue weighted by atomic mass is 16.5. The first-order valence-corrected chi connectivity index (χ1v) is 8.62. The van der Waals surface area contributed by atoms with Crippen LogP contribution in [0.25, 0.3) is 11.0 Å². The molecule has 1 atom stereocenters. The van der Waals surface area contributed by atoms with Crippen LogP contribution in [0.4, 0.5) is 0 Å². The van der Waals surface area contributed by atoms with Gasteiger partial charge in [-0.25, -0.2) is 0 Å². The lowest BCUT2D eigenvalue weighted by Gasteiger charge is -2.14. The van der Waals surface area contributed by atoms with Crippen molar-refractivity contribution in [3.63, 3.8) is 0 Å². The van der Waals surface area contributed by atoms with Crippen LogP contribution < -0.4 is 5.32 Å². The molecule has 1 amide bonds. The van der Waals surface area contributed by atoms with Crippen LogP contribution in [-0.4, -0.2) is 35.6 Å². The number of carbonyl (C=O) groups excluding carboxylic acids is 1. The second-order valence-electron chi connectivity index (χ2n) is 6.58. The van der Waals surface area contributed by atoms with Gasteiger partial charge < -0.3 is 14.3 Å². The van der Waals surface area contributed by atoms with Gasteiger partial charge in [0.05, 0.1) is 19.2 Å². The standard InChI is InChI=1S/C19H21N3O3/c23-19(10-17-16-5-1-2-6-18(16)25-21-17)20-11-14-7-8-22(12-14)13-15-4-3-9-24-15/h1-6,9,14H,7-8,10-13H2,(H,20,23)/t14-/m0/s1. The summed E-state index contributed by atoms with van der Waals surface area (Å²) in [4.78, 5) is 14.6. The number of amides is 1. The third-order valence-electron chi connectivity index (χ3n) is 4.70. The predicted molar refractivity (Wildman–Crippen MR) is 92.8 cm³/mol. The van der Waals surface area contributed by atoms with Crippen molar-refractivity contribution in [3.8, 4) is 0 Å². The zero-order valence-corrected chi connectivity index (χ0v) is 14.0. The second kappa shape index (κ2) is 7.11. The molecule has 0 unspecified atom stereocenters. The van der Waals surface area contributed by atoms with Crippen molar-refractivity contribution in [2.24, 2.45) is 5.92 Å². The lowest BCUT2D eigenvalue weighted by atomic mass is 10.1. The zero-order chi connectivity index (χ0) is 17.1. The Labute approximate surface area is 145 Å². The number of likely N-dealkylation sites (tertiary alicyclic amines) is 1. The van der Waals surface area contributed by atoms with E-state index in [0.29, 0.717) is 18.2 Å². The summed E-state index contributed by atoms with van der Waals surface area (Å²) in [5, 5.41) is 7.96. The number of hydrogen-bond acceptors (Lipinski definition) is 5. The molecule has 25 heavy (non-hydrogen) atoms. The van der Waals surface area contributed by atoms with E-state index in [4.69, 9.17) is 8.94 Å². The molecule has 0 radical (unpaired) electrons. The molecule has 0 saturated carbocycles. The maximum Gasteiger partial charge on any atom is 0.226 e. The van der Waals surface area contributed by atoms with Gasteiger partial charge in [-0.3, -0.25) is 9.69 Å². The predicted octanol–water partition coefficient (Wildman–Crippen LogP) is 2.60. The van der Waals surface area contributed by atoms with Crippen LogP contribution in [0.3, 0.4) is 0 Å². The monoisotopic (exact) mass is 339 g/mol. The molecule has 1 N–H and O–H groups in total. The van der Waals surface area contributed by atoms with E-state index >= 15 is 0 Å². The number of nitrogens with zero attached hydrogens (tertiary/aromatic N) is 2. The number of fused-ring (bicyclic) bond motifs is 1. The lowest BCUT2D eigenvalue weighted by Crippen LogP contribution is -2.32. The quantitative estimate of drug-likeness (QED) is 0.747. The second-order valence-corrected chi connectivity index (χ2v) is 6.58. The number of furan rings is 1. The molecule has 1 aromatic carbocycles. The van der Waals surface area contributed by atoms with Crippen LogP contribution in [0.5, 0.6) is 0 Å². The van der Waals surface area contributed by atoms with Crippen molar-refractivity contribution in [1.82, 2.24) is 15.4 Å². The summed E-state index contributed by atoms with van der Waals surface area (Å²) in [6.45, 7) is 3.55. The molecule has 4 rings (SSSR count). The van der Waals surface area contributed by atoms with Crippen LogP contribution in [0.1, 0.15) is 17.9 Å². The first-order chi connectivity index (χ1) is 12.3. The fourth-order valence-corrected chi connectivity index (χ4v) is 3.38. The Balaban J connectivity index is 1.25. The van der Waals surface area contributed by atoms with E-state index in [0.717, 1.165) is 42.8 Å². The van der Waals surface area contributed by atoms with Crippen molar-refractivity contribution >= 4 is 16.9 Å². The van der Waals surface area contributed by atoms with Crippen LogP contribution in [0.15, 0.2) is 51.6 Å². The highest BCUT2D eigenvalue weighted by molar-refractivity contribution is 5.86. The van der Waals surface area contributed by atoms with Gasteiger partial charge in [0.15, 0.2) is 5.58 Å². The van der Waals surface area contributed by atoms with Gasteiger partial charge in [-0.2, -0.15) is 0 Å². The minimum absolute atomic E-state index is 0.0106. The van der Waals surface area contributed by atoms with Crippen molar-refractivity contribution in [2.75, 3.05) is 19.6 Å². The Hall–Kier alpha value is -2.60. The molecular formula is C19H21N3O3. The van der Waals surface area contributed by atoms with Gasteiger partial charge in [-0.15, -0.1) is 0 Å². The number of benzene rings is 1. The molecule has 1 aliphatic rings. The van der Waals surface area contributed by atoms with Gasteiger partial charge >= 0.3 is 0 Å². The molecule has 1 saturated heterocycles. The average Bonchev–Trinajstić information content (AvgIpc) is 3.36. The number of aromatic nitrogens is 1. The summed E-state index contributed by atoms with van der Waals surface area (Å²) in [6.07, 6.45) is 3.05. The molecular weight excluding hydrogens is 318 g/mol. The fourth-order valence-electron chi connectivity index (χ4n) is 3.38. The van der Waals surface area contributed by atoms with Crippen LogP contribution in [0, 0.1) is 5.92 Å². The van der Waals surface area contributed by atoms with Gasteiger partial charge in [0, 0.05) is 18.5 Å². The van der Waals surface area contributed by atoms with E-state index in [9.17, 15) is 4.79 Å². The SMILES string of the molecule is O=C(Cc1noc2ccccc12)NC[C@@H]1CCN(Cc2ccco2)C1. The molecule has 3 heterocycles. The van der Waals surface area contributed by atoms with Crippen molar-refractivity contribution in [3.05, 3.63) is 54.1 Å². The van der Waals surface area contributed by atoms with Gasteiger partial charge in [-0.1, -0.05) is 17.3 Å². The molecule has 130 valence electrons. The van der Waals surface area contributed by atoms with Crippen LogP contribution in [0.2, 0.25) is 0 Å². The first-order valence-electron chi connectivity index (χ1n) is 8.62. The first kappa shape index (κ1) is 15.9. The van der Waals surface area contributed by atoms with E-state index in [1.165, 1.54) is 0 Å². The number of nitrogens with one attached hydrogen (secondary N) is 1. The van der Waals surface area contributed by atoms with E-state index in [1.807, 2.05) is 36.4 Å². The molecule has 1 aliphatic heterocycles. The highest BCUT2D eigenvalue weighted by Gasteiger charge is 2.23. The smallest absolute Gasteiger partial charge is 0.226 e. The Kier molecular flexibility index (Phi) is 4.52. The van der Waals surface area contributed by atoms with Gasteiger partial charge in [0.1, 0.15) is 11.5 Å². The van der Waals surface area contributed by atoms with Crippen LogP contribution in [-0.2, 0) is 17.8 Å². The third kappa shape index (κ3) is 3.74. The number of carbonyl (C=O) groups is 1. The largest absolute Gasteiger partial charge is 0.468 e. The third-order valence-corrected chi connectivity index (χ3v) is 4.70. The van der Waals surface area contributed by atoms with E-state index < -0.39 is 0 Å². The van der Waals surface area contributed by atoms with E-state index in [-0.39, 0.29) is 12.3 Å². The normalized spacial score (nSPS) is 18.0. The molecule has 6 nitrogen and oxygen atoms in total. The summed E-state index contributed by atoms with van der Waals surface area (Å²) < 4.78 is 10.6. The van der Waals surface area contributed by atoms with Crippen LogP contribution >= 0.6 is 0 Å². The maximum absolute atomic E-state index is 12.2. The van der Waals surface area contributed by atoms with E-state index in [1.54, 1.807) is 6.26 Å². The van der Waals surface area contributed by atoms with Crippen molar-refractivity contribution in [1.29, 1.82) is 0 Å². The molecule has 0 spiro atoms. The Bertz CT molecular complexity index is 841. The number of rotatable bonds is 6. The summed E-state index contributed by atoms with van der Waals surface area (Å²) in [5.41, 5.74) is 1.41. The Morgan fingerprint density at radius 1 is 1.28 bits per heavy atom.